The maximum absolute atomic E-state index is 13.5. The number of fused-ring (bicyclic) bond motifs is 1. The highest BCUT2D eigenvalue weighted by Crippen LogP contribution is 2.34. The maximum atomic E-state index is 13.5. The van der Waals surface area contributed by atoms with Gasteiger partial charge >= 0.3 is 6.18 Å². The number of rotatable bonds is 4. The summed E-state index contributed by atoms with van der Waals surface area (Å²) in [7, 11) is 1.87. The summed E-state index contributed by atoms with van der Waals surface area (Å²) >= 11 is 6.18. The van der Waals surface area contributed by atoms with E-state index < -0.39 is 11.7 Å². The van der Waals surface area contributed by atoms with Gasteiger partial charge in [-0.1, -0.05) is 53.6 Å². The highest BCUT2D eigenvalue weighted by atomic mass is 35.5. The fourth-order valence-electron chi connectivity index (χ4n) is 4.07. The number of aryl methyl sites for hydroxylation is 1. The highest BCUT2D eigenvalue weighted by Gasteiger charge is 2.35. The van der Waals surface area contributed by atoms with Crippen LogP contribution in [-0.2, 0) is 12.7 Å². The van der Waals surface area contributed by atoms with Crippen LogP contribution in [0.2, 0.25) is 5.15 Å². The molecule has 30 heavy (non-hydrogen) atoms. The number of halogens is 4. The molecule has 0 saturated carbocycles. The predicted molar refractivity (Wildman–Crippen MR) is 113 cm³/mol. The van der Waals surface area contributed by atoms with Gasteiger partial charge in [0.25, 0.3) is 0 Å². The molecule has 1 aliphatic heterocycles. The zero-order chi connectivity index (χ0) is 21.5. The van der Waals surface area contributed by atoms with Gasteiger partial charge in [0.15, 0.2) is 11.0 Å². The van der Waals surface area contributed by atoms with Gasteiger partial charge < -0.3 is 4.90 Å². The summed E-state index contributed by atoms with van der Waals surface area (Å²) in [6.45, 7) is 3.34. The molecule has 0 radical (unpaired) electrons. The third kappa shape index (κ3) is 4.09. The largest absolute Gasteiger partial charge is 0.416 e. The third-order valence-corrected chi connectivity index (χ3v) is 5.98. The second-order valence-electron chi connectivity index (χ2n) is 7.82. The van der Waals surface area contributed by atoms with Crippen LogP contribution in [0.3, 0.4) is 0 Å². The molecule has 2 aromatic carbocycles. The SMILES string of the molecule is Cc1ccc(CN(C)C2CCN(c3nnc(Cl)c4ccccc34)C2)c(C(F)(F)F)c1. The summed E-state index contributed by atoms with van der Waals surface area (Å²) < 4.78 is 40.4. The average molecular weight is 435 g/mol. The lowest BCUT2D eigenvalue weighted by atomic mass is 10.0. The number of likely N-dealkylation sites (N-methyl/N-ethyl adjacent to an activating group) is 1. The summed E-state index contributed by atoms with van der Waals surface area (Å²) in [5.74, 6) is 0.761. The summed E-state index contributed by atoms with van der Waals surface area (Å²) in [5.41, 5.74) is 0.346. The molecular formula is C22H22ClF3N4. The van der Waals surface area contributed by atoms with E-state index in [0.717, 1.165) is 29.6 Å². The van der Waals surface area contributed by atoms with E-state index >= 15 is 0 Å². The van der Waals surface area contributed by atoms with Crippen molar-refractivity contribution in [2.45, 2.75) is 32.1 Å². The predicted octanol–water partition coefficient (Wildman–Crippen LogP) is 5.32. The molecule has 1 aliphatic rings. The van der Waals surface area contributed by atoms with Crippen molar-refractivity contribution in [1.29, 1.82) is 0 Å². The second kappa shape index (κ2) is 8.04. The zero-order valence-corrected chi connectivity index (χ0v) is 17.5. The van der Waals surface area contributed by atoms with Crippen molar-refractivity contribution in [3.8, 4) is 0 Å². The van der Waals surface area contributed by atoms with Gasteiger partial charge in [-0.25, -0.2) is 0 Å². The Hall–Kier alpha value is -2.38. The smallest absolute Gasteiger partial charge is 0.353 e. The number of benzene rings is 2. The van der Waals surface area contributed by atoms with Crippen LogP contribution < -0.4 is 4.90 Å². The van der Waals surface area contributed by atoms with Gasteiger partial charge in [0.2, 0.25) is 0 Å². The van der Waals surface area contributed by atoms with E-state index in [1.807, 2.05) is 36.2 Å². The first-order valence-electron chi connectivity index (χ1n) is 9.77. The van der Waals surface area contributed by atoms with Crippen molar-refractivity contribution in [1.82, 2.24) is 15.1 Å². The van der Waals surface area contributed by atoms with E-state index in [9.17, 15) is 13.2 Å². The van der Waals surface area contributed by atoms with Gasteiger partial charge in [-0.2, -0.15) is 13.2 Å². The molecule has 0 bridgehead atoms. The lowest BCUT2D eigenvalue weighted by Gasteiger charge is -2.26. The fourth-order valence-corrected chi connectivity index (χ4v) is 4.28. The van der Waals surface area contributed by atoms with E-state index in [1.165, 1.54) is 6.07 Å². The molecule has 0 aliphatic carbocycles. The van der Waals surface area contributed by atoms with Crippen molar-refractivity contribution in [2.24, 2.45) is 0 Å². The Labute approximate surface area is 178 Å². The Kier molecular flexibility index (Phi) is 5.59. The van der Waals surface area contributed by atoms with Gasteiger partial charge in [0.1, 0.15) is 0 Å². The Morgan fingerprint density at radius 1 is 1.13 bits per heavy atom. The van der Waals surface area contributed by atoms with Gasteiger partial charge in [-0.15, -0.1) is 10.2 Å². The van der Waals surface area contributed by atoms with Gasteiger partial charge in [-0.05, 0) is 32.0 Å². The summed E-state index contributed by atoms with van der Waals surface area (Å²) in [4.78, 5) is 4.12. The number of nitrogens with zero attached hydrogens (tertiary/aromatic N) is 4. The Morgan fingerprint density at radius 3 is 2.60 bits per heavy atom. The zero-order valence-electron chi connectivity index (χ0n) is 16.7. The molecule has 1 aromatic heterocycles. The minimum Gasteiger partial charge on any atom is -0.353 e. The standard InChI is InChI=1S/C22H22ClF3N4/c1-14-7-8-15(19(11-14)22(24,25)26)12-29(2)16-9-10-30(13-16)21-18-6-4-3-5-17(18)20(23)27-28-21/h3-8,11,16H,9-10,12-13H2,1-2H3. The van der Waals surface area contributed by atoms with Crippen LogP contribution in [0.1, 0.15) is 23.1 Å². The topological polar surface area (TPSA) is 32.3 Å². The van der Waals surface area contributed by atoms with Crippen LogP contribution in [0.15, 0.2) is 42.5 Å². The lowest BCUT2D eigenvalue weighted by molar-refractivity contribution is -0.138. The second-order valence-corrected chi connectivity index (χ2v) is 8.18. The van der Waals surface area contributed by atoms with Gasteiger partial charge in [0, 0.05) is 36.4 Å². The molecule has 158 valence electrons. The molecule has 0 amide bonds. The monoisotopic (exact) mass is 434 g/mol. The van der Waals surface area contributed by atoms with Crippen molar-refractivity contribution in [3.63, 3.8) is 0 Å². The maximum Gasteiger partial charge on any atom is 0.416 e. The van der Waals surface area contributed by atoms with Crippen molar-refractivity contribution < 1.29 is 13.2 Å². The molecule has 1 saturated heterocycles. The molecule has 0 spiro atoms. The van der Waals surface area contributed by atoms with E-state index in [1.54, 1.807) is 19.1 Å². The summed E-state index contributed by atoms with van der Waals surface area (Å²) in [6.07, 6.45) is -3.52. The van der Waals surface area contributed by atoms with E-state index in [4.69, 9.17) is 11.6 Å². The summed E-state index contributed by atoms with van der Waals surface area (Å²) in [5, 5.41) is 10.5. The van der Waals surface area contributed by atoms with Crippen molar-refractivity contribution in [3.05, 3.63) is 64.3 Å². The molecule has 3 aromatic rings. The number of hydrogen-bond donors (Lipinski definition) is 0. The molecule has 4 rings (SSSR count). The first kappa shape index (κ1) is 20.9. The van der Waals surface area contributed by atoms with Crippen LogP contribution in [0.4, 0.5) is 19.0 Å². The number of aromatic nitrogens is 2. The van der Waals surface area contributed by atoms with Gasteiger partial charge in [-0.3, -0.25) is 4.90 Å². The molecule has 1 unspecified atom stereocenters. The Balaban J connectivity index is 1.53. The number of alkyl halides is 3. The highest BCUT2D eigenvalue weighted by molar-refractivity contribution is 6.34. The average Bonchev–Trinajstić information content (AvgIpc) is 3.19. The van der Waals surface area contributed by atoms with Crippen LogP contribution in [0.25, 0.3) is 10.8 Å². The van der Waals surface area contributed by atoms with E-state index in [2.05, 4.69) is 15.1 Å². The number of hydrogen-bond acceptors (Lipinski definition) is 4. The molecule has 4 nitrogen and oxygen atoms in total. The quantitative estimate of drug-likeness (QED) is 0.556. The van der Waals surface area contributed by atoms with Crippen LogP contribution in [-0.4, -0.2) is 41.3 Å². The van der Waals surface area contributed by atoms with Crippen LogP contribution in [0.5, 0.6) is 0 Å². The fraction of sp³-hybridized carbons (Fsp3) is 0.364. The molecule has 0 N–H and O–H groups in total. The van der Waals surface area contributed by atoms with E-state index in [0.29, 0.717) is 22.8 Å². The first-order valence-corrected chi connectivity index (χ1v) is 10.1. The molecule has 1 atom stereocenters. The van der Waals surface area contributed by atoms with Crippen LogP contribution in [0, 0.1) is 6.92 Å². The molecule has 8 heteroatoms. The minimum atomic E-state index is -4.36. The van der Waals surface area contributed by atoms with Crippen molar-refractivity contribution in [2.75, 3.05) is 25.0 Å². The normalized spacial score (nSPS) is 17.3. The summed E-state index contributed by atoms with van der Waals surface area (Å²) in [6, 6.07) is 12.4. The minimum absolute atomic E-state index is 0.114. The van der Waals surface area contributed by atoms with E-state index in [-0.39, 0.29) is 12.6 Å². The Morgan fingerprint density at radius 2 is 1.87 bits per heavy atom. The lowest BCUT2D eigenvalue weighted by Crippen LogP contribution is -2.35. The molecular weight excluding hydrogens is 413 g/mol. The molecule has 2 heterocycles. The number of anilines is 1. The Bertz CT molecular complexity index is 1070. The van der Waals surface area contributed by atoms with Crippen molar-refractivity contribution >= 4 is 28.2 Å². The van der Waals surface area contributed by atoms with Gasteiger partial charge in [0.05, 0.1) is 5.56 Å². The third-order valence-electron chi connectivity index (χ3n) is 5.70. The van der Waals surface area contributed by atoms with Crippen LogP contribution >= 0.6 is 11.6 Å². The molecule has 1 fully saturated rings. The first-order chi connectivity index (χ1) is 14.2.